The van der Waals surface area contributed by atoms with Gasteiger partial charge in [0.2, 0.25) is 0 Å². The average Bonchev–Trinajstić information content (AvgIpc) is 3.51. The van der Waals surface area contributed by atoms with Crippen LogP contribution in [0.3, 0.4) is 0 Å². The van der Waals surface area contributed by atoms with E-state index in [9.17, 15) is 9.59 Å². The van der Waals surface area contributed by atoms with E-state index >= 15 is 0 Å². The largest absolute Gasteiger partial charge is 0.490 e. The average molecular weight is 705 g/mol. The van der Waals surface area contributed by atoms with Gasteiger partial charge in [0.25, 0.3) is 5.56 Å². The second-order valence-electron chi connectivity index (χ2n) is 11.2. The number of esters is 1. The van der Waals surface area contributed by atoms with Crippen molar-refractivity contribution in [3.8, 4) is 11.5 Å². The van der Waals surface area contributed by atoms with Crippen molar-refractivity contribution in [3.05, 3.63) is 124 Å². The minimum absolute atomic E-state index is 0.185. The Bertz CT molecular complexity index is 2270. The Hall–Kier alpha value is -4.31. The number of para-hydroxylation sites is 1. The first-order valence-corrected chi connectivity index (χ1v) is 17.3. The van der Waals surface area contributed by atoms with Gasteiger partial charge in [0.05, 0.1) is 41.7 Å². The summed E-state index contributed by atoms with van der Waals surface area (Å²) in [6, 6.07) is 18.3. The lowest BCUT2D eigenvalue weighted by Gasteiger charge is -2.25. The fourth-order valence-corrected chi connectivity index (χ4v) is 7.64. The Labute approximate surface area is 292 Å². The van der Waals surface area contributed by atoms with Gasteiger partial charge in [0.15, 0.2) is 16.3 Å². The van der Waals surface area contributed by atoms with Crippen LogP contribution in [0, 0.1) is 6.92 Å². The maximum Gasteiger partial charge on any atom is 0.338 e. The molecule has 0 radical (unpaired) electrons. The number of nitrogens with zero attached hydrogens (tertiary/aromatic N) is 3. The molecule has 1 unspecified atom stereocenters. The highest BCUT2D eigenvalue weighted by atomic mass is 35.5. The minimum atomic E-state index is -0.785. The molecule has 3 aromatic carbocycles. The van der Waals surface area contributed by atoms with E-state index < -0.39 is 12.0 Å². The molecule has 0 saturated carbocycles. The third kappa shape index (κ3) is 6.18. The number of allylic oxidation sites excluding steroid dienone is 1. The molecule has 248 valence electrons. The fraction of sp³-hybridized carbons (Fsp3) is 0.270. The highest BCUT2D eigenvalue weighted by molar-refractivity contribution is 7.07. The third-order valence-electron chi connectivity index (χ3n) is 8.30. The Balaban J connectivity index is 1.54. The molecule has 48 heavy (non-hydrogen) atoms. The zero-order valence-electron chi connectivity index (χ0n) is 27.3. The second-order valence-corrected chi connectivity index (χ2v) is 13.1. The van der Waals surface area contributed by atoms with E-state index in [-0.39, 0.29) is 12.2 Å². The first-order valence-electron chi connectivity index (χ1n) is 15.8. The Morgan fingerprint density at radius 2 is 1.71 bits per heavy atom. The molecule has 0 spiro atoms. The van der Waals surface area contributed by atoms with Crippen LogP contribution in [-0.4, -0.2) is 34.9 Å². The third-order valence-corrected chi connectivity index (χ3v) is 9.87. The number of ether oxygens (including phenoxy) is 3. The standard InChI is InChI=1S/C37H35Cl2N3O5S/c1-6-45-30-16-14-23(17-31(30)46-7-2)34-33(36(44)47-8-3)21(4)40-37-42(34)35(43)32(48-37)19-27-22(5)41(29-12-10-9-11-26(27)29)20-24-13-15-25(38)18-28(24)39/h9-19,34H,6-8,20H2,1-5H3/b32-19-. The fourth-order valence-electron chi connectivity index (χ4n) is 6.14. The maximum absolute atomic E-state index is 14.5. The molecule has 0 aliphatic carbocycles. The molecule has 5 aromatic rings. The molecule has 3 heterocycles. The molecular formula is C37H35Cl2N3O5S. The predicted octanol–water partition coefficient (Wildman–Crippen LogP) is 7.21. The number of carbonyl (C=O) groups excluding carboxylic acids is 1. The van der Waals surface area contributed by atoms with Gasteiger partial charge < -0.3 is 18.8 Å². The van der Waals surface area contributed by atoms with E-state index in [2.05, 4.69) is 10.6 Å². The zero-order valence-corrected chi connectivity index (χ0v) is 29.6. The number of hydrogen-bond donors (Lipinski definition) is 0. The van der Waals surface area contributed by atoms with Crippen molar-refractivity contribution in [2.24, 2.45) is 4.99 Å². The van der Waals surface area contributed by atoms with Crippen LogP contribution in [-0.2, 0) is 16.1 Å². The predicted molar refractivity (Wildman–Crippen MR) is 191 cm³/mol. The number of fused-ring (bicyclic) bond motifs is 2. The van der Waals surface area contributed by atoms with Crippen LogP contribution in [0.15, 0.2) is 81.7 Å². The minimum Gasteiger partial charge on any atom is -0.490 e. The summed E-state index contributed by atoms with van der Waals surface area (Å²) in [6.07, 6.45) is 1.92. The highest BCUT2D eigenvalue weighted by Crippen LogP contribution is 2.37. The molecule has 6 rings (SSSR count). The molecule has 0 saturated heterocycles. The van der Waals surface area contributed by atoms with Crippen LogP contribution in [0.1, 0.15) is 56.1 Å². The van der Waals surface area contributed by atoms with Crippen molar-refractivity contribution in [2.45, 2.75) is 47.2 Å². The van der Waals surface area contributed by atoms with Gasteiger partial charge >= 0.3 is 5.97 Å². The normalized spacial score (nSPS) is 14.6. The second kappa shape index (κ2) is 14.0. The SMILES string of the molecule is CCOC(=O)C1=C(C)N=c2s/c(=C\c3c(C)n(Cc4ccc(Cl)cc4Cl)c4ccccc34)c(=O)n2C1c1ccc(OCC)c(OCC)c1. The van der Waals surface area contributed by atoms with Crippen molar-refractivity contribution < 1.29 is 19.0 Å². The van der Waals surface area contributed by atoms with Gasteiger partial charge in [-0.1, -0.05) is 64.9 Å². The van der Waals surface area contributed by atoms with Gasteiger partial charge in [-0.3, -0.25) is 9.36 Å². The quantitative estimate of drug-likeness (QED) is 0.144. The van der Waals surface area contributed by atoms with Crippen molar-refractivity contribution in [1.82, 2.24) is 9.13 Å². The van der Waals surface area contributed by atoms with Crippen LogP contribution in [0.4, 0.5) is 0 Å². The number of thiazole rings is 1. The van der Waals surface area contributed by atoms with Crippen molar-refractivity contribution in [1.29, 1.82) is 0 Å². The van der Waals surface area contributed by atoms with Gasteiger partial charge in [-0.25, -0.2) is 9.79 Å². The summed E-state index contributed by atoms with van der Waals surface area (Å²) >= 11 is 14.0. The molecule has 2 aromatic heterocycles. The summed E-state index contributed by atoms with van der Waals surface area (Å²) in [6.45, 7) is 10.9. The summed E-state index contributed by atoms with van der Waals surface area (Å²) in [5.41, 5.74) is 5.04. The molecule has 8 nitrogen and oxygen atoms in total. The molecular weight excluding hydrogens is 669 g/mol. The summed E-state index contributed by atoms with van der Waals surface area (Å²) in [5, 5.41) is 2.16. The van der Waals surface area contributed by atoms with Gasteiger partial charge in [-0.05, 0) is 82.2 Å². The molecule has 1 atom stereocenters. The topological polar surface area (TPSA) is 84.1 Å². The van der Waals surface area contributed by atoms with Crippen LogP contribution >= 0.6 is 34.5 Å². The number of benzene rings is 3. The van der Waals surface area contributed by atoms with E-state index in [4.69, 9.17) is 42.4 Å². The summed E-state index contributed by atoms with van der Waals surface area (Å²) in [5.74, 6) is 0.589. The molecule has 11 heteroatoms. The first kappa shape index (κ1) is 33.6. The number of rotatable bonds is 10. The number of aromatic nitrogens is 2. The van der Waals surface area contributed by atoms with Crippen molar-refractivity contribution in [2.75, 3.05) is 19.8 Å². The lowest BCUT2D eigenvalue weighted by atomic mass is 9.95. The van der Waals surface area contributed by atoms with Crippen LogP contribution in [0.25, 0.3) is 17.0 Å². The van der Waals surface area contributed by atoms with E-state index in [1.54, 1.807) is 24.5 Å². The molecule has 0 N–H and O–H groups in total. The van der Waals surface area contributed by atoms with Crippen LogP contribution in [0.5, 0.6) is 11.5 Å². The summed E-state index contributed by atoms with van der Waals surface area (Å²) in [7, 11) is 0. The van der Waals surface area contributed by atoms with Crippen molar-refractivity contribution in [3.63, 3.8) is 0 Å². The summed E-state index contributed by atoms with van der Waals surface area (Å²) < 4.78 is 21.5. The maximum atomic E-state index is 14.5. The van der Waals surface area contributed by atoms with E-state index in [1.165, 1.54) is 11.3 Å². The van der Waals surface area contributed by atoms with Gasteiger partial charge in [0, 0.05) is 38.8 Å². The van der Waals surface area contributed by atoms with Gasteiger partial charge in [-0.15, -0.1) is 0 Å². The smallest absolute Gasteiger partial charge is 0.338 e. The highest BCUT2D eigenvalue weighted by Gasteiger charge is 2.34. The molecule has 1 aliphatic heterocycles. The molecule has 0 fully saturated rings. The zero-order chi connectivity index (χ0) is 34.1. The van der Waals surface area contributed by atoms with Gasteiger partial charge in [-0.2, -0.15) is 0 Å². The van der Waals surface area contributed by atoms with E-state index in [0.29, 0.717) is 67.5 Å². The lowest BCUT2D eigenvalue weighted by molar-refractivity contribution is -0.139. The Morgan fingerprint density at radius 3 is 2.44 bits per heavy atom. The monoisotopic (exact) mass is 703 g/mol. The Kier molecular flexibility index (Phi) is 9.83. The van der Waals surface area contributed by atoms with E-state index in [1.807, 2.05) is 75.4 Å². The number of hydrogen-bond acceptors (Lipinski definition) is 7. The summed E-state index contributed by atoms with van der Waals surface area (Å²) in [4.78, 5) is 33.1. The van der Waals surface area contributed by atoms with Crippen LogP contribution < -0.4 is 24.4 Å². The molecule has 0 amide bonds. The number of halogens is 2. The molecule has 0 bridgehead atoms. The van der Waals surface area contributed by atoms with Gasteiger partial charge in [0.1, 0.15) is 0 Å². The first-order chi connectivity index (χ1) is 23.2. The van der Waals surface area contributed by atoms with Crippen molar-refractivity contribution >= 4 is 57.5 Å². The lowest BCUT2D eigenvalue weighted by Crippen LogP contribution is -2.40. The van der Waals surface area contributed by atoms with Crippen LogP contribution in [0.2, 0.25) is 10.0 Å². The Morgan fingerprint density at radius 1 is 0.958 bits per heavy atom. The van der Waals surface area contributed by atoms with E-state index in [0.717, 1.165) is 27.7 Å². The molecule has 1 aliphatic rings. The number of carbonyl (C=O) groups is 1.